The lowest BCUT2D eigenvalue weighted by Gasteiger charge is -2.33. The Morgan fingerprint density at radius 3 is 2.48 bits per heavy atom. The van der Waals surface area contributed by atoms with Crippen molar-refractivity contribution in [2.45, 2.75) is 0 Å². The largest absolute Gasteiger partial charge is 0.353 e. The summed E-state index contributed by atoms with van der Waals surface area (Å²) in [4.78, 5) is 6.58. The van der Waals surface area contributed by atoms with Crippen LogP contribution in [-0.4, -0.2) is 42.4 Å². The van der Waals surface area contributed by atoms with Crippen LogP contribution in [-0.2, 0) is 0 Å². The van der Waals surface area contributed by atoms with E-state index in [0.29, 0.717) is 5.56 Å². The molecule has 2 aromatic rings. The zero-order chi connectivity index (χ0) is 14.5. The number of rotatable bonds is 3. The molecule has 1 aromatic heterocycles. The van der Waals surface area contributed by atoms with Gasteiger partial charge in [-0.3, -0.25) is 5.01 Å². The van der Waals surface area contributed by atoms with Crippen molar-refractivity contribution >= 4 is 12.0 Å². The molecule has 0 aliphatic carbocycles. The SMILES string of the molecule is Fc1ccccc1C=NN1CCN(c2ccccn2)CC1. The van der Waals surface area contributed by atoms with Crippen molar-refractivity contribution in [1.29, 1.82) is 0 Å². The molecular formula is C16H17FN4. The van der Waals surface area contributed by atoms with Gasteiger partial charge < -0.3 is 4.90 Å². The Bertz CT molecular complexity index is 607. The molecule has 0 radical (unpaired) electrons. The molecule has 1 aliphatic rings. The van der Waals surface area contributed by atoms with Crippen LogP contribution >= 0.6 is 0 Å². The summed E-state index contributed by atoms with van der Waals surface area (Å²) in [6, 6.07) is 12.6. The van der Waals surface area contributed by atoms with Gasteiger partial charge in [0.05, 0.1) is 19.3 Å². The van der Waals surface area contributed by atoms with Crippen LogP contribution in [0.5, 0.6) is 0 Å². The fourth-order valence-electron chi connectivity index (χ4n) is 2.30. The van der Waals surface area contributed by atoms with Crippen molar-refractivity contribution in [2.24, 2.45) is 5.10 Å². The van der Waals surface area contributed by atoms with Gasteiger partial charge in [-0.15, -0.1) is 0 Å². The lowest BCUT2D eigenvalue weighted by atomic mass is 10.2. The third kappa shape index (κ3) is 3.37. The van der Waals surface area contributed by atoms with Gasteiger partial charge in [0, 0.05) is 24.8 Å². The van der Waals surface area contributed by atoms with Crippen LogP contribution in [0.4, 0.5) is 10.2 Å². The zero-order valence-electron chi connectivity index (χ0n) is 11.7. The summed E-state index contributed by atoms with van der Waals surface area (Å²) < 4.78 is 13.5. The highest BCUT2D eigenvalue weighted by molar-refractivity contribution is 5.79. The summed E-state index contributed by atoms with van der Waals surface area (Å²) in [6.07, 6.45) is 3.39. The topological polar surface area (TPSA) is 31.7 Å². The Balaban J connectivity index is 1.58. The Morgan fingerprint density at radius 1 is 1.00 bits per heavy atom. The van der Waals surface area contributed by atoms with Crippen LogP contribution in [0.25, 0.3) is 0 Å². The average molecular weight is 284 g/mol. The summed E-state index contributed by atoms with van der Waals surface area (Å²) >= 11 is 0. The van der Waals surface area contributed by atoms with Crippen LogP contribution in [0.2, 0.25) is 0 Å². The molecule has 0 unspecified atom stereocenters. The van der Waals surface area contributed by atoms with Crippen LogP contribution in [0.15, 0.2) is 53.8 Å². The Morgan fingerprint density at radius 2 is 1.76 bits per heavy atom. The van der Waals surface area contributed by atoms with Gasteiger partial charge in [-0.25, -0.2) is 9.37 Å². The predicted molar refractivity (Wildman–Crippen MR) is 82.0 cm³/mol. The van der Waals surface area contributed by atoms with Crippen molar-refractivity contribution < 1.29 is 4.39 Å². The molecule has 108 valence electrons. The van der Waals surface area contributed by atoms with E-state index in [4.69, 9.17) is 0 Å². The minimum absolute atomic E-state index is 0.242. The van der Waals surface area contributed by atoms with Crippen LogP contribution in [0.3, 0.4) is 0 Å². The first-order valence-electron chi connectivity index (χ1n) is 7.02. The molecule has 0 amide bonds. The number of piperazine rings is 1. The highest BCUT2D eigenvalue weighted by Crippen LogP contribution is 2.12. The van der Waals surface area contributed by atoms with E-state index in [1.807, 2.05) is 29.3 Å². The molecule has 5 heteroatoms. The molecule has 0 saturated carbocycles. The lowest BCUT2D eigenvalue weighted by Crippen LogP contribution is -2.44. The quantitative estimate of drug-likeness (QED) is 0.811. The van der Waals surface area contributed by atoms with Gasteiger partial charge in [0.1, 0.15) is 11.6 Å². The molecule has 2 heterocycles. The van der Waals surface area contributed by atoms with Gasteiger partial charge in [0.15, 0.2) is 0 Å². The van der Waals surface area contributed by atoms with Gasteiger partial charge >= 0.3 is 0 Å². The molecule has 3 rings (SSSR count). The summed E-state index contributed by atoms with van der Waals surface area (Å²) in [7, 11) is 0. The van der Waals surface area contributed by atoms with Crippen molar-refractivity contribution in [3.63, 3.8) is 0 Å². The number of aromatic nitrogens is 1. The lowest BCUT2D eigenvalue weighted by molar-refractivity contribution is 0.271. The monoisotopic (exact) mass is 284 g/mol. The minimum Gasteiger partial charge on any atom is -0.353 e. The number of pyridine rings is 1. The van der Waals surface area contributed by atoms with Gasteiger partial charge in [0.25, 0.3) is 0 Å². The molecular weight excluding hydrogens is 267 g/mol. The molecule has 1 fully saturated rings. The summed E-state index contributed by atoms with van der Waals surface area (Å²) in [6.45, 7) is 3.35. The Labute approximate surface area is 123 Å². The summed E-state index contributed by atoms with van der Waals surface area (Å²) in [5, 5.41) is 6.33. The second-order valence-corrected chi connectivity index (χ2v) is 4.89. The number of nitrogens with zero attached hydrogens (tertiary/aromatic N) is 4. The van der Waals surface area contributed by atoms with Gasteiger partial charge in [-0.1, -0.05) is 24.3 Å². The first-order chi connectivity index (χ1) is 10.3. The third-order valence-electron chi connectivity index (χ3n) is 3.49. The van der Waals surface area contributed by atoms with E-state index in [-0.39, 0.29) is 5.82 Å². The van der Waals surface area contributed by atoms with E-state index >= 15 is 0 Å². The maximum atomic E-state index is 13.5. The highest BCUT2D eigenvalue weighted by Gasteiger charge is 2.16. The fourth-order valence-corrected chi connectivity index (χ4v) is 2.30. The van der Waals surface area contributed by atoms with E-state index in [2.05, 4.69) is 15.0 Å². The standard InChI is InChI=1S/C16H17FN4/c17-15-6-2-1-5-14(15)13-19-21-11-9-20(10-12-21)16-7-3-4-8-18-16/h1-8,13H,9-12H2. The minimum atomic E-state index is -0.242. The molecule has 0 atom stereocenters. The molecule has 21 heavy (non-hydrogen) atoms. The second-order valence-electron chi connectivity index (χ2n) is 4.89. The van der Waals surface area contributed by atoms with E-state index in [1.54, 1.807) is 24.5 Å². The first-order valence-corrected chi connectivity index (χ1v) is 7.02. The number of halogens is 1. The number of anilines is 1. The van der Waals surface area contributed by atoms with Gasteiger partial charge in [-0.2, -0.15) is 5.10 Å². The van der Waals surface area contributed by atoms with Crippen molar-refractivity contribution in [3.8, 4) is 0 Å². The van der Waals surface area contributed by atoms with Crippen LogP contribution in [0.1, 0.15) is 5.56 Å². The van der Waals surface area contributed by atoms with Crippen molar-refractivity contribution in [2.75, 3.05) is 31.1 Å². The molecule has 4 nitrogen and oxygen atoms in total. The van der Waals surface area contributed by atoms with Crippen LogP contribution in [0, 0.1) is 5.82 Å². The van der Waals surface area contributed by atoms with Crippen molar-refractivity contribution in [3.05, 3.63) is 60.0 Å². The maximum absolute atomic E-state index is 13.5. The Kier molecular flexibility index (Phi) is 4.09. The molecule has 1 aliphatic heterocycles. The maximum Gasteiger partial charge on any atom is 0.132 e. The third-order valence-corrected chi connectivity index (χ3v) is 3.49. The average Bonchev–Trinajstić information content (AvgIpc) is 2.55. The van der Waals surface area contributed by atoms with Crippen LogP contribution < -0.4 is 4.90 Å². The normalized spacial score (nSPS) is 15.7. The summed E-state index contributed by atoms with van der Waals surface area (Å²) in [5.74, 6) is 0.753. The second kappa shape index (κ2) is 6.35. The molecule has 1 saturated heterocycles. The highest BCUT2D eigenvalue weighted by atomic mass is 19.1. The van der Waals surface area contributed by atoms with E-state index in [1.165, 1.54) is 6.07 Å². The first kappa shape index (κ1) is 13.5. The zero-order valence-corrected chi connectivity index (χ0v) is 11.7. The molecule has 1 aromatic carbocycles. The van der Waals surface area contributed by atoms with Crippen molar-refractivity contribution in [1.82, 2.24) is 9.99 Å². The van der Waals surface area contributed by atoms with E-state index < -0.39 is 0 Å². The molecule has 0 spiro atoms. The fraction of sp³-hybridized carbons (Fsp3) is 0.250. The predicted octanol–water partition coefficient (Wildman–Crippen LogP) is 2.38. The molecule has 0 N–H and O–H groups in total. The number of benzene rings is 1. The molecule has 0 bridgehead atoms. The van der Waals surface area contributed by atoms with E-state index in [0.717, 1.165) is 32.0 Å². The Hall–Kier alpha value is -2.43. The number of hydrogen-bond donors (Lipinski definition) is 0. The summed E-state index contributed by atoms with van der Waals surface area (Å²) in [5.41, 5.74) is 0.518. The van der Waals surface area contributed by atoms with Gasteiger partial charge in [-0.05, 0) is 18.2 Å². The number of hydrazone groups is 1. The van der Waals surface area contributed by atoms with E-state index in [9.17, 15) is 4.39 Å². The number of hydrogen-bond acceptors (Lipinski definition) is 4. The van der Waals surface area contributed by atoms with Gasteiger partial charge in [0.2, 0.25) is 0 Å². The smallest absolute Gasteiger partial charge is 0.132 e.